The first-order valence-corrected chi connectivity index (χ1v) is 8.24. The van der Waals surface area contributed by atoms with Crippen molar-refractivity contribution in [3.8, 4) is 0 Å². The Morgan fingerprint density at radius 2 is 1.77 bits per heavy atom. The van der Waals surface area contributed by atoms with E-state index in [0.717, 1.165) is 16.0 Å². The van der Waals surface area contributed by atoms with Crippen molar-refractivity contribution >= 4 is 41.2 Å². The molecule has 3 rings (SSSR count). The van der Waals surface area contributed by atoms with E-state index in [9.17, 15) is 14.4 Å². The number of allylic oxidation sites excluding steroid dienone is 2. The molecule has 6 heteroatoms. The SMILES string of the molecule is Cc1ccc(N2C(=O)NC(=O)/C(=C\C=C\c3ccccc3)C2=O)cc1Cl. The van der Waals surface area contributed by atoms with E-state index in [1.807, 2.05) is 37.3 Å². The summed E-state index contributed by atoms with van der Waals surface area (Å²) < 4.78 is 0. The fraction of sp³-hybridized carbons (Fsp3) is 0.0500. The minimum absolute atomic E-state index is 0.131. The van der Waals surface area contributed by atoms with Gasteiger partial charge in [0.2, 0.25) is 0 Å². The first-order valence-electron chi connectivity index (χ1n) is 7.86. The molecule has 0 atom stereocenters. The Morgan fingerprint density at radius 1 is 1.04 bits per heavy atom. The number of urea groups is 1. The van der Waals surface area contributed by atoms with Gasteiger partial charge in [-0.25, -0.2) is 9.69 Å². The van der Waals surface area contributed by atoms with Crippen LogP contribution in [0, 0.1) is 6.92 Å². The summed E-state index contributed by atoms with van der Waals surface area (Å²) in [5, 5.41) is 2.60. The summed E-state index contributed by atoms with van der Waals surface area (Å²) >= 11 is 6.08. The minimum atomic E-state index is -0.802. The quantitative estimate of drug-likeness (QED) is 0.662. The maximum absolute atomic E-state index is 12.7. The van der Waals surface area contributed by atoms with E-state index in [1.54, 1.807) is 24.3 Å². The van der Waals surface area contributed by atoms with Crippen molar-refractivity contribution in [3.05, 3.63) is 82.4 Å². The van der Waals surface area contributed by atoms with E-state index in [1.165, 1.54) is 12.1 Å². The van der Waals surface area contributed by atoms with Crippen molar-refractivity contribution in [2.45, 2.75) is 6.92 Å². The van der Waals surface area contributed by atoms with Crippen LogP contribution >= 0.6 is 11.6 Å². The van der Waals surface area contributed by atoms with Gasteiger partial charge >= 0.3 is 6.03 Å². The minimum Gasteiger partial charge on any atom is -0.273 e. The summed E-state index contributed by atoms with van der Waals surface area (Å²) in [5.41, 5.74) is 1.91. The number of halogens is 1. The number of carbonyl (C=O) groups is 3. The highest BCUT2D eigenvalue weighted by Gasteiger charge is 2.36. The van der Waals surface area contributed by atoms with Crippen LogP contribution in [0.2, 0.25) is 5.02 Å². The van der Waals surface area contributed by atoms with Crippen molar-refractivity contribution < 1.29 is 14.4 Å². The number of rotatable bonds is 3. The van der Waals surface area contributed by atoms with Crippen LogP contribution in [0.15, 0.2) is 66.3 Å². The molecule has 0 spiro atoms. The van der Waals surface area contributed by atoms with Gasteiger partial charge in [0.1, 0.15) is 5.57 Å². The summed E-state index contributed by atoms with van der Waals surface area (Å²) in [6.07, 6.45) is 4.75. The van der Waals surface area contributed by atoms with Crippen molar-refractivity contribution in [1.82, 2.24) is 5.32 Å². The average molecular weight is 367 g/mol. The van der Waals surface area contributed by atoms with Crippen molar-refractivity contribution in [1.29, 1.82) is 0 Å². The van der Waals surface area contributed by atoms with Gasteiger partial charge in [-0.2, -0.15) is 0 Å². The lowest BCUT2D eigenvalue weighted by Gasteiger charge is -2.26. The summed E-state index contributed by atoms with van der Waals surface area (Å²) in [6, 6.07) is 13.5. The van der Waals surface area contributed by atoms with Crippen LogP contribution in [0.5, 0.6) is 0 Å². The third-order valence-corrected chi connectivity index (χ3v) is 4.27. The number of barbiturate groups is 1. The molecule has 0 radical (unpaired) electrons. The Morgan fingerprint density at radius 3 is 2.46 bits per heavy atom. The molecular formula is C20H15ClN2O3. The third-order valence-electron chi connectivity index (χ3n) is 3.87. The fourth-order valence-corrected chi connectivity index (χ4v) is 2.63. The van der Waals surface area contributed by atoms with Gasteiger partial charge in [0.15, 0.2) is 0 Å². The van der Waals surface area contributed by atoms with Gasteiger partial charge in [-0.05, 0) is 36.3 Å². The smallest absolute Gasteiger partial charge is 0.273 e. The number of anilines is 1. The van der Waals surface area contributed by atoms with Crippen molar-refractivity contribution in [2.75, 3.05) is 4.90 Å². The topological polar surface area (TPSA) is 66.5 Å². The number of nitrogens with zero attached hydrogens (tertiary/aromatic N) is 1. The van der Waals surface area contributed by atoms with Crippen LogP contribution in [-0.2, 0) is 9.59 Å². The van der Waals surface area contributed by atoms with Gasteiger partial charge in [-0.3, -0.25) is 14.9 Å². The van der Waals surface area contributed by atoms with E-state index >= 15 is 0 Å². The molecule has 1 aliphatic heterocycles. The summed E-state index contributed by atoms with van der Waals surface area (Å²) in [6.45, 7) is 1.81. The van der Waals surface area contributed by atoms with Gasteiger partial charge in [0, 0.05) is 5.02 Å². The number of imide groups is 2. The van der Waals surface area contributed by atoms with Crippen LogP contribution in [0.1, 0.15) is 11.1 Å². The highest BCUT2D eigenvalue weighted by molar-refractivity contribution is 6.38. The summed E-state index contributed by atoms with van der Waals surface area (Å²) in [4.78, 5) is 37.8. The molecule has 0 unspecified atom stereocenters. The molecule has 5 nitrogen and oxygen atoms in total. The molecule has 1 aliphatic rings. The fourth-order valence-electron chi connectivity index (χ4n) is 2.45. The number of nitrogens with one attached hydrogen (secondary N) is 1. The molecule has 1 saturated heterocycles. The predicted molar refractivity (Wildman–Crippen MR) is 101 cm³/mol. The Labute approximate surface area is 155 Å². The molecule has 2 aromatic carbocycles. The maximum Gasteiger partial charge on any atom is 0.335 e. The number of hydrogen-bond donors (Lipinski definition) is 1. The Bertz CT molecular complexity index is 949. The highest BCUT2D eigenvalue weighted by Crippen LogP contribution is 2.26. The number of carbonyl (C=O) groups excluding carboxylic acids is 3. The second-order valence-corrected chi connectivity index (χ2v) is 6.09. The number of aryl methyl sites for hydroxylation is 1. The van der Waals surface area contributed by atoms with E-state index in [0.29, 0.717) is 10.7 Å². The standard InChI is InChI=1S/C20H15ClN2O3/c1-13-10-11-15(12-17(13)21)23-19(25)16(18(24)22-20(23)26)9-5-8-14-6-3-2-4-7-14/h2-12H,1H3,(H,22,24,26)/b8-5+,16-9+. The lowest BCUT2D eigenvalue weighted by atomic mass is 10.1. The van der Waals surface area contributed by atoms with Gasteiger partial charge in [-0.15, -0.1) is 0 Å². The number of hydrogen-bond acceptors (Lipinski definition) is 3. The highest BCUT2D eigenvalue weighted by atomic mass is 35.5. The molecular weight excluding hydrogens is 352 g/mol. The second kappa shape index (κ2) is 7.37. The van der Waals surface area contributed by atoms with Crippen LogP contribution in [0.4, 0.5) is 10.5 Å². The van der Waals surface area contributed by atoms with E-state index < -0.39 is 17.8 Å². The lowest BCUT2D eigenvalue weighted by molar-refractivity contribution is -0.122. The molecule has 130 valence electrons. The lowest BCUT2D eigenvalue weighted by Crippen LogP contribution is -2.54. The van der Waals surface area contributed by atoms with Crippen LogP contribution in [0.3, 0.4) is 0 Å². The molecule has 1 N–H and O–H groups in total. The zero-order valence-corrected chi connectivity index (χ0v) is 14.7. The molecule has 4 amide bonds. The Hall–Kier alpha value is -3.18. The molecule has 2 aromatic rings. The first kappa shape index (κ1) is 17.6. The van der Waals surface area contributed by atoms with Crippen molar-refractivity contribution in [2.24, 2.45) is 0 Å². The van der Waals surface area contributed by atoms with Gasteiger partial charge in [0.05, 0.1) is 5.69 Å². The molecule has 0 aromatic heterocycles. The van der Waals surface area contributed by atoms with Crippen LogP contribution < -0.4 is 10.2 Å². The molecule has 26 heavy (non-hydrogen) atoms. The largest absolute Gasteiger partial charge is 0.335 e. The van der Waals surface area contributed by atoms with Crippen LogP contribution in [0.25, 0.3) is 6.08 Å². The second-order valence-electron chi connectivity index (χ2n) is 5.68. The maximum atomic E-state index is 12.7. The molecule has 0 aliphatic carbocycles. The van der Waals surface area contributed by atoms with E-state index in [-0.39, 0.29) is 5.57 Å². The molecule has 1 heterocycles. The number of amides is 4. The molecule has 1 fully saturated rings. The van der Waals surface area contributed by atoms with E-state index in [2.05, 4.69) is 5.32 Å². The normalized spacial score (nSPS) is 16.5. The van der Waals surface area contributed by atoms with Gasteiger partial charge < -0.3 is 0 Å². The van der Waals surface area contributed by atoms with Gasteiger partial charge in [-0.1, -0.05) is 60.2 Å². The zero-order chi connectivity index (χ0) is 18.7. The van der Waals surface area contributed by atoms with Gasteiger partial charge in [0.25, 0.3) is 11.8 Å². The monoisotopic (exact) mass is 366 g/mol. The zero-order valence-electron chi connectivity index (χ0n) is 13.9. The summed E-state index contributed by atoms with van der Waals surface area (Å²) in [7, 11) is 0. The number of benzene rings is 2. The summed E-state index contributed by atoms with van der Waals surface area (Å²) in [5.74, 6) is -1.43. The van der Waals surface area contributed by atoms with Crippen LogP contribution in [-0.4, -0.2) is 17.8 Å². The average Bonchev–Trinajstić information content (AvgIpc) is 2.61. The molecule has 0 bridgehead atoms. The van der Waals surface area contributed by atoms with E-state index in [4.69, 9.17) is 11.6 Å². The predicted octanol–water partition coefficient (Wildman–Crippen LogP) is 3.87. The Balaban J connectivity index is 1.91. The molecule has 0 saturated carbocycles. The Kier molecular flexibility index (Phi) is 5.00. The third kappa shape index (κ3) is 3.58. The first-order chi connectivity index (χ1) is 12.5. The van der Waals surface area contributed by atoms with Crippen molar-refractivity contribution in [3.63, 3.8) is 0 Å².